The Balaban J connectivity index is 1.84. The molecule has 2 rings (SSSR count). The van der Waals surface area contributed by atoms with Crippen molar-refractivity contribution in [3.63, 3.8) is 0 Å². The molecule has 0 spiro atoms. The molecule has 2 N–H and O–H groups in total. The van der Waals surface area contributed by atoms with E-state index in [0.717, 1.165) is 0 Å². The molecule has 26 heavy (non-hydrogen) atoms. The molecule has 1 aromatic rings. The Morgan fingerprint density at radius 3 is 2.54 bits per heavy atom. The summed E-state index contributed by atoms with van der Waals surface area (Å²) in [5.74, 6) is 0.0531. The Bertz CT molecular complexity index is 652. The summed E-state index contributed by atoms with van der Waals surface area (Å²) < 4.78 is 5.13. The second-order valence-corrected chi connectivity index (χ2v) is 6.97. The van der Waals surface area contributed by atoms with Gasteiger partial charge < -0.3 is 20.3 Å². The summed E-state index contributed by atoms with van der Waals surface area (Å²) in [4.78, 5) is 37.3. The lowest BCUT2D eigenvalue weighted by molar-refractivity contribution is -0.114. The van der Waals surface area contributed by atoms with Gasteiger partial charge in [-0.3, -0.25) is 9.59 Å². The Morgan fingerprint density at radius 2 is 1.92 bits per heavy atom. The van der Waals surface area contributed by atoms with E-state index >= 15 is 0 Å². The van der Waals surface area contributed by atoms with Crippen LogP contribution in [0.5, 0.6) is 0 Å². The highest BCUT2D eigenvalue weighted by Crippen LogP contribution is 2.17. The summed E-state index contributed by atoms with van der Waals surface area (Å²) in [7, 11) is 0. The first-order valence-electron chi connectivity index (χ1n) is 8.95. The first-order valence-corrected chi connectivity index (χ1v) is 8.95. The number of carbonyl (C=O) groups is 3. The van der Waals surface area contributed by atoms with Gasteiger partial charge in [0, 0.05) is 37.3 Å². The van der Waals surface area contributed by atoms with Gasteiger partial charge in [0.15, 0.2) is 0 Å². The maximum atomic E-state index is 12.6. The number of nitrogens with zero attached hydrogens (tertiary/aromatic N) is 1. The molecule has 1 aliphatic rings. The van der Waals surface area contributed by atoms with Gasteiger partial charge in [0.2, 0.25) is 5.91 Å². The predicted octanol–water partition coefficient (Wildman–Crippen LogP) is 2.63. The number of hydrogen-bond acceptors (Lipinski definition) is 4. The lowest BCUT2D eigenvalue weighted by Crippen LogP contribution is -2.46. The molecule has 0 atom stereocenters. The van der Waals surface area contributed by atoms with E-state index < -0.39 is 6.09 Å². The van der Waals surface area contributed by atoms with Gasteiger partial charge in [-0.05, 0) is 37.0 Å². The molecule has 7 heteroatoms. The molecule has 1 aromatic carbocycles. The highest BCUT2D eigenvalue weighted by molar-refractivity contribution is 5.96. The third-order valence-corrected chi connectivity index (χ3v) is 4.08. The summed E-state index contributed by atoms with van der Waals surface area (Å²) in [6.45, 7) is 6.93. The molecule has 1 fully saturated rings. The monoisotopic (exact) mass is 361 g/mol. The topological polar surface area (TPSA) is 87.7 Å². The van der Waals surface area contributed by atoms with Gasteiger partial charge in [0.25, 0.3) is 5.91 Å². The normalized spacial score (nSPS) is 14.8. The molecule has 0 saturated carbocycles. The summed E-state index contributed by atoms with van der Waals surface area (Å²) in [6.07, 6.45) is 0.980. The van der Waals surface area contributed by atoms with Crippen molar-refractivity contribution in [2.75, 3.05) is 25.0 Å². The maximum absolute atomic E-state index is 12.6. The highest BCUT2D eigenvalue weighted by atomic mass is 16.5. The van der Waals surface area contributed by atoms with E-state index in [0.29, 0.717) is 49.7 Å². The molecule has 0 aromatic heterocycles. The smallest absolute Gasteiger partial charge is 0.407 e. The Kier molecular flexibility index (Phi) is 7.00. The van der Waals surface area contributed by atoms with Crippen molar-refractivity contribution < 1.29 is 19.1 Å². The number of benzene rings is 1. The zero-order chi connectivity index (χ0) is 19.1. The van der Waals surface area contributed by atoms with Crippen molar-refractivity contribution >= 4 is 23.6 Å². The average Bonchev–Trinajstić information content (AvgIpc) is 2.60. The number of nitrogens with one attached hydrogen (secondary N) is 2. The lowest BCUT2D eigenvalue weighted by atomic mass is 10.0. The van der Waals surface area contributed by atoms with Crippen LogP contribution in [0.1, 0.15) is 44.0 Å². The number of carbonyl (C=O) groups excluding carboxylic acids is 3. The van der Waals surface area contributed by atoms with Crippen LogP contribution in [0.4, 0.5) is 10.5 Å². The average molecular weight is 361 g/mol. The first-order chi connectivity index (χ1) is 12.3. The van der Waals surface area contributed by atoms with Crippen LogP contribution in [-0.4, -0.2) is 48.5 Å². The standard InChI is InChI=1S/C19H27N3O4/c1-13(2)12-26-19(25)21-16-7-9-22(10-8-16)18(24)15-5-4-6-17(11-15)20-14(3)23/h4-6,11,13,16H,7-10,12H2,1-3H3,(H,20,23)(H,21,25). The van der Waals surface area contributed by atoms with Gasteiger partial charge >= 0.3 is 6.09 Å². The number of ether oxygens (including phenoxy) is 1. The van der Waals surface area contributed by atoms with Crippen LogP contribution in [-0.2, 0) is 9.53 Å². The fourth-order valence-corrected chi connectivity index (χ4v) is 2.79. The molecular weight excluding hydrogens is 334 g/mol. The quantitative estimate of drug-likeness (QED) is 0.844. The van der Waals surface area contributed by atoms with Gasteiger partial charge in [-0.25, -0.2) is 4.79 Å². The Labute approximate surface area is 154 Å². The van der Waals surface area contributed by atoms with E-state index in [9.17, 15) is 14.4 Å². The van der Waals surface area contributed by atoms with Crippen LogP contribution in [0.25, 0.3) is 0 Å². The van der Waals surface area contributed by atoms with Crippen molar-refractivity contribution in [2.24, 2.45) is 5.92 Å². The third-order valence-electron chi connectivity index (χ3n) is 4.08. The minimum atomic E-state index is -0.397. The molecule has 0 bridgehead atoms. The van der Waals surface area contributed by atoms with Gasteiger partial charge in [0.1, 0.15) is 0 Å². The number of likely N-dealkylation sites (tertiary alicyclic amines) is 1. The summed E-state index contributed by atoms with van der Waals surface area (Å²) >= 11 is 0. The number of piperidine rings is 1. The number of alkyl carbamates (subject to hydrolysis) is 1. The van der Waals surface area contributed by atoms with Crippen LogP contribution >= 0.6 is 0 Å². The molecule has 3 amide bonds. The zero-order valence-corrected chi connectivity index (χ0v) is 15.6. The predicted molar refractivity (Wildman–Crippen MR) is 99.0 cm³/mol. The summed E-state index contributed by atoms with van der Waals surface area (Å²) in [5, 5.41) is 5.54. The largest absolute Gasteiger partial charge is 0.449 e. The van der Waals surface area contributed by atoms with Crippen molar-refractivity contribution in [1.82, 2.24) is 10.2 Å². The first kappa shape index (κ1) is 19.8. The molecule has 0 aliphatic carbocycles. The van der Waals surface area contributed by atoms with E-state index in [1.807, 2.05) is 13.8 Å². The number of amides is 3. The van der Waals surface area contributed by atoms with Crippen LogP contribution in [0.3, 0.4) is 0 Å². The van der Waals surface area contributed by atoms with Gasteiger partial charge in [-0.1, -0.05) is 19.9 Å². The number of rotatable bonds is 5. The van der Waals surface area contributed by atoms with Crippen LogP contribution in [0, 0.1) is 5.92 Å². The van der Waals surface area contributed by atoms with E-state index in [4.69, 9.17) is 4.74 Å². The van der Waals surface area contributed by atoms with Crippen LogP contribution < -0.4 is 10.6 Å². The molecule has 142 valence electrons. The van der Waals surface area contributed by atoms with Gasteiger partial charge in [-0.15, -0.1) is 0 Å². The lowest BCUT2D eigenvalue weighted by Gasteiger charge is -2.32. The van der Waals surface area contributed by atoms with Gasteiger partial charge in [0.05, 0.1) is 6.61 Å². The second-order valence-electron chi connectivity index (χ2n) is 6.97. The van der Waals surface area contributed by atoms with Crippen molar-refractivity contribution in [1.29, 1.82) is 0 Å². The maximum Gasteiger partial charge on any atom is 0.407 e. The van der Waals surface area contributed by atoms with Crippen molar-refractivity contribution in [2.45, 2.75) is 39.7 Å². The minimum Gasteiger partial charge on any atom is -0.449 e. The van der Waals surface area contributed by atoms with E-state index in [-0.39, 0.29) is 17.9 Å². The fourth-order valence-electron chi connectivity index (χ4n) is 2.79. The van der Waals surface area contributed by atoms with Crippen LogP contribution in [0.15, 0.2) is 24.3 Å². The SMILES string of the molecule is CC(=O)Nc1cccc(C(=O)N2CCC(NC(=O)OCC(C)C)CC2)c1. The summed E-state index contributed by atoms with van der Waals surface area (Å²) in [5.41, 5.74) is 1.15. The third kappa shape index (κ3) is 6.06. The zero-order valence-electron chi connectivity index (χ0n) is 15.6. The van der Waals surface area contributed by atoms with E-state index in [1.54, 1.807) is 29.2 Å². The van der Waals surface area contributed by atoms with E-state index in [1.165, 1.54) is 6.92 Å². The number of anilines is 1. The number of hydrogen-bond donors (Lipinski definition) is 2. The Hall–Kier alpha value is -2.57. The summed E-state index contributed by atoms with van der Waals surface area (Å²) in [6, 6.07) is 6.93. The molecule has 1 saturated heterocycles. The Morgan fingerprint density at radius 1 is 1.23 bits per heavy atom. The molecule has 0 unspecified atom stereocenters. The van der Waals surface area contributed by atoms with Crippen molar-refractivity contribution in [3.05, 3.63) is 29.8 Å². The molecule has 0 radical (unpaired) electrons. The van der Waals surface area contributed by atoms with Gasteiger partial charge in [-0.2, -0.15) is 0 Å². The van der Waals surface area contributed by atoms with E-state index in [2.05, 4.69) is 10.6 Å². The van der Waals surface area contributed by atoms with Crippen LogP contribution in [0.2, 0.25) is 0 Å². The van der Waals surface area contributed by atoms with Crippen molar-refractivity contribution in [3.8, 4) is 0 Å². The minimum absolute atomic E-state index is 0.0180. The fraction of sp³-hybridized carbons (Fsp3) is 0.526. The molecule has 7 nitrogen and oxygen atoms in total. The molecule has 1 aliphatic heterocycles. The molecule has 1 heterocycles. The second kappa shape index (κ2) is 9.22. The highest BCUT2D eigenvalue weighted by Gasteiger charge is 2.25. The molecular formula is C19H27N3O4.